The van der Waals surface area contributed by atoms with Crippen LogP contribution in [0.5, 0.6) is 5.75 Å². The van der Waals surface area contributed by atoms with Gasteiger partial charge in [-0.1, -0.05) is 12.1 Å². The van der Waals surface area contributed by atoms with Gasteiger partial charge in [0.05, 0.1) is 11.5 Å². The van der Waals surface area contributed by atoms with Crippen molar-refractivity contribution < 1.29 is 9.66 Å². The van der Waals surface area contributed by atoms with Gasteiger partial charge in [0.15, 0.2) is 5.75 Å². The fraction of sp³-hybridized carbons (Fsp3) is 0.273. The topological polar surface area (TPSA) is 64.4 Å². The van der Waals surface area contributed by atoms with Crippen LogP contribution in [0.15, 0.2) is 30.9 Å². The van der Waals surface area contributed by atoms with E-state index in [9.17, 15) is 10.1 Å². The molecule has 16 heavy (non-hydrogen) atoms. The van der Waals surface area contributed by atoms with Gasteiger partial charge in [-0.15, -0.1) is 6.58 Å². The monoisotopic (exact) mass is 222 g/mol. The third-order valence-corrected chi connectivity index (χ3v) is 2.03. The first-order chi connectivity index (χ1) is 7.70. The molecule has 0 saturated carbocycles. The molecule has 5 heteroatoms. The summed E-state index contributed by atoms with van der Waals surface area (Å²) in [7, 11) is 1.63. The summed E-state index contributed by atoms with van der Waals surface area (Å²) >= 11 is 0. The highest BCUT2D eigenvalue weighted by Crippen LogP contribution is 2.34. The minimum atomic E-state index is -0.449. The van der Waals surface area contributed by atoms with Crippen molar-refractivity contribution in [3.63, 3.8) is 0 Å². The molecule has 0 saturated heterocycles. The summed E-state index contributed by atoms with van der Waals surface area (Å²) in [6, 6.07) is 4.93. The van der Waals surface area contributed by atoms with E-state index in [4.69, 9.17) is 4.74 Å². The van der Waals surface area contributed by atoms with Gasteiger partial charge in [-0.05, 0) is 18.6 Å². The highest BCUT2D eigenvalue weighted by Gasteiger charge is 2.19. The molecular formula is C11H14N2O3. The fourth-order valence-corrected chi connectivity index (χ4v) is 1.28. The number of hydrogen-bond acceptors (Lipinski definition) is 4. The summed E-state index contributed by atoms with van der Waals surface area (Å²) in [5.41, 5.74) is 0.412. The lowest BCUT2D eigenvalue weighted by molar-refractivity contribution is -0.384. The number of hydrogen-bond donors (Lipinski definition) is 1. The van der Waals surface area contributed by atoms with Crippen LogP contribution < -0.4 is 10.1 Å². The van der Waals surface area contributed by atoms with Crippen molar-refractivity contribution in [2.75, 3.05) is 19.0 Å². The van der Waals surface area contributed by atoms with Crippen LogP contribution in [0.3, 0.4) is 0 Å². The van der Waals surface area contributed by atoms with Gasteiger partial charge in [0.25, 0.3) is 0 Å². The molecule has 1 aromatic rings. The van der Waals surface area contributed by atoms with E-state index in [-0.39, 0.29) is 11.4 Å². The van der Waals surface area contributed by atoms with E-state index < -0.39 is 4.92 Å². The van der Waals surface area contributed by atoms with Crippen LogP contribution in [0.1, 0.15) is 6.42 Å². The van der Waals surface area contributed by atoms with Gasteiger partial charge in [0, 0.05) is 7.05 Å². The predicted octanol–water partition coefficient (Wildman–Crippen LogP) is 2.59. The summed E-state index contributed by atoms with van der Waals surface area (Å²) in [5, 5.41) is 13.7. The van der Waals surface area contributed by atoms with Crippen molar-refractivity contribution in [2.45, 2.75) is 6.42 Å². The molecule has 0 heterocycles. The van der Waals surface area contributed by atoms with Crippen molar-refractivity contribution in [3.05, 3.63) is 41.0 Å². The van der Waals surface area contributed by atoms with Gasteiger partial charge in [-0.3, -0.25) is 10.1 Å². The average Bonchev–Trinajstić information content (AvgIpc) is 2.28. The van der Waals surface area contributed by atoms with Gasteiger partial charge >= 0.3 is 5.69 Å². The number of nitrogens with one attached hydrogen (secondary N) is 1. The third kappa shape index (κ3) is 2.73. The molecule has 0 atom stereocenters. The summed E-state index contributed by atoms with van der Waals surface area (Å²) in [6.07, 6.45) is 2.36. The van der Waals surface area contributed by atoms with Crippen LogP contribution >= 0.6 is 0 Å². The summed E-state index contributed by atoms with van der Waals surface area (Å²) < 4.78 is 5.33. The minimum Gasteiger partial charge on any atom is -0.486 e. The molecule has 0 radical (unpaired) electrons. The van der Waals surface area contributed by atoms with Crippen LogP contribution in [-0.2, 0) is 0 Å². The van der Waals surface area contributed by atoms with Gasteiger partial charge in [0.2, 0.25) is 0 Å². The van der Waals surface area contributed by atoms with Crippen molar-refractivity contribution in [1.82, 2.24) is 0 Å². The first kappa shape index (κ1) is 12.0. The molecule has 5 nitrogen and oxygen atoms in total. The minimum absolute atomic E-state index is 0.0333. The highest BCUT2D eigenvalue weighted by atomic mass is 16.6. The second-order valence-electron chi connectivity index (χ2n) is 3.09. The van der Waals surface area contributed by atoms with E-state index in [1.165, 1.54) is 0 Å². The van der Waals surface area contributed by atoms with Crippen molar-refractivity contribution in [1.29, 1.82) is 0 Å². The number of anilines is 1. The molecule has 1 rings (SSSR count). The average molecular weight is 222 g/mol. The number of para-hydroxylation sites is 1. The standard InChI is InChI=1S/C11H14N2O3/c1-3-4-8-16-10-7-5-6-9(12-2)11(10)13(14)15/h3,5-7,12H,1,4,8H2,2H3. The Morgan fingerprint density at radius 1 is 1.62 bits per heavy atom. The van der Waals surface area contributed by atoms with Crippen LogP contribution in [0, 0.1) is 10.1 Å². The lowest BCUT2D eigenvalue weighted by Crippen LogP contribution is -2.02. The number of nitro benzene ring substituents is 1. The summed E-state index contributed by atoms with van der Waals surface area (Å²) in [4.78, 5) is 10.5. The second kappa shape index (κ2) is 5.75. The molecule has 1 N–H and O–H groups in total. The molecule has 0 aromatic heterocycles. The van der Waals surface area contributed by atoms with Crippen molar-refractivity contribution >= 4 is 11.4 Å². The van der Waals surface area contributed by atoms with E-state index in [1.807, 2.05) is 0 Å². The Balaban J connectivity index is 2.97. The lowest BCUT2D eigenvalue weighted by Gasteiger charge is -2.08. The van der Waals surface area contributed by atoms with Crippen LogP contribution in [0.25, 0.3) is 0 Å². The Labute approximate surface area is 93.9 Å². The van der Waals surface area contributed by atoms with Crippen LogP contribution in [0.4, 0.5) is 11.4 Å². The molecule has 0 amide bonds. The second-order valence-corrected chi connectivity index (χ2v) is 3.09. The lowest BCUT2D eigenvalue weighted by atomic mass is 10.2. The zero-order chi connectivity index (χ0) is 12.0. The Kier molecular flexibility index (Phi) is 4.32. The molecule has 0 aliphatic heterocycles. The number of ether oxygens (including phenoxy) is 1. The zero-order valence-corrected chi connectivity index (χ0v) is 9.10. The molecule has 1 aromatic carbocycles. The van der Waals surface area contributed by atoms with Crippen molar-refractivity contribution in [3.8, 4) is 5.75 Å². The van der Waals surface area contributed by atoms with E-state index in [1.54, 1.807) is 31.3 Å². The molecule has 86 valence electrons. The molecule has 0 unspecified atom stereocenters. The highest BCUT2D eigenvalue weighted by molar-refractivity contribution is 5.68. The first-order valence-electron chi connectivity index (χ1n) is 4.89. The molecule has 0 aliphatic carbocycles. The van der Waals surface area contributed by atoms with Gasteiger partial charge < -0.3 is 10.1 Å². The number of benzene rings is 1. The van der Waals surface area contributed by atoms with Crippen LogP contribution in [-0.4, -0.2) is 18.6 Å². The maximum atomic E-state index is 10.9. The normalized spacial score (nSPS) is 9.56. The van der Waals surface area contributed by atoms with E-state index in [2.05, 4.69) is 11.9 Å². The maximum Gasteiger partial charge on any atom is 0.333 e. The number of rotatable bonds is 6. The SMILES string of the molecule is C=CCCOc1cccc(NC)c1[N+](=O)[O-]. The van der Waals surface area contributed by atoms with E-state index in [0.717, 1.165) is 0 Å². The Morgan fingerprint density at radius 2 is 2.38 bits per heavy atom. The smallest absolute Gasteiger partial charge is 0.333 e. The summed E-state index contributed by atoms with van der Waals surface area (Å²) in [6.45, 7) is 3.94. The molecule has 0 spiro atoms. The molecule has 0 aliphatic rings. The van der Waals surface area contributed by atoms with Crippen molar-refractivity contribution in [2.24, 2.45) is 0 Å². The largest absolute Gasteiger partial charge is 0.486 e. The van der Waals surface area contributed by atoms with E-state index in [0.29, 0.717) is 18.7 Å². The third-order valence-electron chi connectivity index (χ3n) is 2.03. The number of nitrogens with zero attached hydrogens (tertiary/aromatic N) is 1. The zero-order valence-electron chi connectivity index (χ0n) is 9.10. The van der Waals surface area contributed by atoms with Gasteiger partial charge in [-0.2, -0.15) is 0 Å². The quantitative estimate of drug-likeness (QED) is 0.348. The number of nitro groups is 1. The predicted molar refractivity (Wildman–Crippen MR) is 63.0 cm³/mol. The summed E-state index contributed by atoms with van der Waals surface area (Å²) in [5.74, 6) is 0.277. The molecular weight excluding hydrogens is 208 g/mol. The first-order valence-corrected chi connectivity index (χ1v) is 4.89. The molecule has 0 fully saturated rings. The van der Waals surface area contributed by atoms with Gasteiger partial charge in [0.1, 0.15) is 5.69 Å². The van der Waals surface area contributed by atoms with Gasteiger partial charge in [-0.25, -0.2) is 0 Å². The van der Waals surface area contributed by atoms with Crippen LogP contribution in [0.2, 0.25) is 0 Å². The Hall–Kier alpha value is -2.04. The Bertz CT molecular complexity index is 391. The van der Waals surface area contributed by atoms with E-state index >= 15 is 0 Å². The Morgan fingerprint density at radius 3 is 2.94 bits per heavy atom. The molecule has 0 bridgehead atoms. The fourth-order valence-electron chi connectivity index (χ4n) is 1.28. The maximum absolute atomic E-state index is 10.9.